The number of aryl methyl sites for hydroxylation is 1. The van der Waals surface area contributed by atoms with Gasteiger partial charge in [0.2, 0.25) is 11.8 Å². The summed E-state index contributed by atoms with van der Waals surface area (Å²) in [5.41, 5.74) is 0.418. The molecule has 1 aromatic heterocycles. The van der Waals surface area contributed by atoms with Gasteiger partial charge in [-0.1, -0.05) is 6.92 Å². The lowest BCUT2D eigenvalue weighted by Gasteiger charge is -2.38. The molecule has 7 nitrogen and oxygen atoms in total. The van der Waals surface area contributed by atoms with Crippen molar-refractivity contribution < 1.29 is 4.92 Å². The number of nitro groups is 1. The van der Waals surface area contributed by atoms with E-state index in [4.69, 9.17) is 0 Å². The predicted molar refractivity (Wildman–Crippen MR) is 86.3 cm³/mol. The van der Waals surface area contributed by atoms with Crippen LogP contribution in [0, 0.1) is 17.0 Å². The van der Waals surface area contributed by atoms with E-state index < -0.39 is 0 Å². The molecule has 2 rings (SSSR count). The number of hydrogen-bond donors (Lipinski definition) is 1. The molecule has 8 heteroatoms. The van der Waals surface area contributed by atoms with Crippen molar-refractivity contribution in [1.29, 1.82) is 0 Å². The molecule has 0 bridgehead atoms. The van der Waals surface area contributed by atoms with Crippen molar-refractivity contribution in [3.63, 3.8) is 0 Å². The third-order valence-corrected chi connectivity index (χ3v) is 5.05. The fraction of sp³-hybridized carbons (Fsp3) is 0.692. The molecule has 0 aromatic carbocycles. The van der Waals surface area contributed by atoms with Crippen LogP contribution in [0.1, 0.15) is 26.5 Å². The SMILES string of the molecule is CCNc1nc(C)c([N+](=O)[O-])c(N2CCSC(C)C2C)n1. The lowest BCUT2D eigenvalue weighted by atomic mass is 10.2. The summed E-state index contributed by atoms with van der Waals surface area (Å²) in [5.74, 6) is 1.83. The average Bonchev–Trinajstić information content (AvgIpc) is 2.41. The molecule has 0 saturated carbocycles. The lowest BCUT2D eigenvalue weighted by Crippen LogP contribution is -2.45. The van der Waals surface area contributed by atoms with Gasteiger partial charge in [0.05, 0.1) is 4.92 Å². The highest BCUT2D eigenvalue weighted by Gasteiger charge is 2.33. The lowest BCUT2D eigenvalue weighted by molar-refractivity contribution is -0.385. The minimum atomic E-state index is -0.375. The van der Waals surface area contributed by atoms with Gasteiger partial charge >= 0.3 is 5.69 Å². The zero-order valence-electron chi connectivity index (χ0n) is 12.8. The first-order chi connectivity index (χ1) is 9.95. The molecule has 2 heterocycles. The second-order valence-corrected chi connectivity index (χ2v) is 6.59. The first-order valence-electron chi connectivity index (χ1n) is 7.10. The molecule has 1 aromatic rings. The summed E-state index contributed by atoms with van der Waals surface area (Å²) in [6.07, 6.45) is 0. The van der Waals surface area contributed by atoms with Gasteiger partial charge in [-0.15, -0.1) is 0 Å². The topological polar surface area (TPSA) is 84.2 Å². The maximum absolute atomic E-state index is 11.4. The number of nitrogens with one attached hydrogen (secondary N) is 1. The summed E-state index contributed by atoms with van der Waals surface area (Å²) in [6, 6.07) is 0.200. The van der Waals surface area contributed by atoms with Crippen molar-refractivity contribution >= 4 is 29.2 Å². The monoisotopic (exact) mass is 311 g/mol. The quantitative estimate of drug-likeness (QED) is 0.675. The highest BCUT2D eigenvalue weighted by molar-refractivity contribution is 8.00. The Balaban J connectivity index is 2.50. The van der Waals surface area contributed by atoms with Crippen LogP contribution in [0.5, 0.6) is 0 Å². The highest BCUT2D eigenvalue weighted by Crippen LogP contribution is 2.35. The molecule has 116 valence electrons. The van der Waals surface area contributed by atoms with E-state index in [0.29, 0.717) is 29.3 Å². The summed E-state index contributed by atoms with van der Waals surface area (Å²) in [5, 5.41) is 14.9. The number of aromatic nitrogens is 2. The Morgan fingerprint density at radius 2 is 2.19 bits per heavy atom. The highest BCUT2D eigenvalue weighted by atomic mass is 32.2. The summed E-state index contributed by atoms with van der Waals surface area (Å²) >= 11 is 1.89. The van der Waals surface area contributed by atoms with Crippen molar-refractivity contribution in [2.45, 2.75) is 39.0 Å². The van der Waals surface area contributed by atoms with Crippen molar-refractivity contribution in [2.75, 3.05) is 29.1 Å². The number of anilines is 2. The zero-order chi connectivity index (χ0) is 15.6. The molecule has 1 aliphatic rings. The largest absolute Gasteiger partial charge is 0.354 e. The fourth-order valence-electron chi connectivity index (χ4n) is 2.44. The van der Waals surface area contributed by atoms with Crippen LogP contribution in [0.3, 0.4) is 0 Å². The molecule has 1 saturated heterocycles. The van der Waals surface area contributed by atoms with E-state index in [1.165, 1.54) is 0 Å². The Morgan fingerprint density at radius 1 is 1.48 bits per heavy atom. The minimum absolute atomic E-state index is 0.0163. The van der Waals surface area contributed by atoms with E-state index >= 15 is 0 Å². The van der Waals surface area contributed by atoms with E-state index in [-0.39, 0.29) is 16.7 Å². The van der Waals surface area contributed by atoms with Crippen LogP contribution in [0.15, 0.2) is 0 Å². The Morgan fingerprint density at radius 3 is 2.81 bits per heavy atom. The van der Waals surface area contributed by atoms with Gasteiger partial charge in [0.15, 0.2) is 0 Å². The van der Waals surface area contributed by atoms with Gasteiger partial charge in [-0.2, -0.15) is 16.7 Å². The van der Waals surface area contributed by atoms with Crippen LogP contribution in [0.4, 0.5) is 17.5 Å². The molecule has 1 N–H and O–H groups in total. The zero-order valence-corrected chi connectivity index (χ0v) is 13.6. The summed E-state index contributed by atoms with van der Waals surface area (Å²) in [4.78, 5) is 21.7. The first kappa shape index (κ1) is 15.8. The normalized spacial score (nSPS) is 22.2. The Labute approximate surface area is 128 Å². The Bertz CT molecular complexity index is 540. The van der Waals surface area contributed by atoms with Crippen LogP contribution in [0.25, 0.3) is 0 Å². The van der Waals surface area contributed by atoms with Gasteiger partial charge in [-0.05, 0) is 20.8 Å². The van der Waals surface area contributed by atoms with Crippen molar-refractivity contribution in [1.82, 2.24) is 9.97 Å². The molecule has 0 spiro atoms. The van der Waals surface area contributed by atoms with Crippen LogP contribution in [-0.4, -0.2) is 45.0 Å². The summed E-state index contributed by atoms with van der Waals surface area (Å²) in [6.45, 7) is 9.29. The predicted octanol–water partition coefficient (Wildman–Crippen LogP) is 2.46. The third kappa shape index (κ3) is 3.20. The average molecular weight is 311 g/mol. The van der Waals surface area contributed by atoms with Crippen molar-refractivity contribution in [3.05, 3.63) is 15.8 Å². The minimum Gasteiger partial charge on any atom is -0.354 e. The number of hydrogen-bond acceptors (Lipinski definition) is 7. The van der Waals surface area contributed by atoms with Crippen molar-refractivity contribution in [3.8, 4) is 0 Å². The molecule has 2 atom stereocenters. The van der Waals surface area contributed by atoms with Crippen LogP contribution >= 0.6 is 11.8 Å². The number of rotatable bonds is 4. The molecule has 0 radical (unpaired) electrons. The number of nitrogens with zero attached hydrogens (tertiary/aromatic N) is 4. The van der Waals surface area contributed by atoms with E-state index in [1.807, 2.05) is 23.6 Å². The van der Waals surface area contributed by atoms with Gasteiger partial charge < -0.3 is 10.2 Å². The molecule has 2 unspecified atom stereocenters. The van der Waals surface area contributed by atoms with Crippen LogP contribution in [-0.2, 0) is 0 Å². The maximum atomic E-state index is 11.4. The molecule has 0 amide bonds. The van der Waals surface area contributed by atoms with Crippen LogP contribution < -0.4 is 10.2 Å². The van der Waals surface area contributed by atoms with Gasteiger partial charge in [0.1, 0.15) is 5.69 Å². The molecular weight excluding hydrogens is 290 g/mol. The Kier molecular flexibility index (Phi) is 4.87. The van der Waals surface area contributed by atoms with Crippen LogP contribution in [0.2, 0.25) is 0 Å². The van der Waals surface area contributed by atoms with Crippen molar-refractivity contribution in [2.24, 2.45) is 0 Å². The van der Waals surface area contributed by atoms with E-state index in [9.17, 15) is 10.1 Å². The maximum Gasteiger partial charge on any atom is 0.332 e. The fourth-order valence-corrected chi connectivity index (χ4v) is 3.53. The third-order valence-electron chi connectivity index (χ3n) is 3.71. The number of thioether (sulfide) groups is 1. The second kappa shape index (κ2) is 6.46. The standard InChI is InChI=1S/C13H21N5O2S/c1-5-14-13-15-8(2)11(18(19)20)12(16-13)17-6-7-21-10(4)9(17)3/h9-10H,5-7H2,1-4H3,(H,14,15,16). The van der Waals surface area contributed by atoms with Gasteiger partial charge in [0, 0.05) is 30.1 Å². The second-order valence-electron chi connectivity index (χ2n) is 5.10. The van der Waals surface area contributed by atoms with Gasteiger partial charge in [0.25, 0.3) is 0 Å². The summed E-state index contributed by atoms with van der Waals surface area (Å²) < 4.78 is 0. The molecule has 1 fully saturated rings. The van der Waals surface area contributed by atoms with Gasteiger partial charge in [-0.3, -0.25) is 10.1 Å². The van der Waals surface area contributed by atoms with E-state index in [0.717, 1.165) is 12.3 Å². The van der Waals surface area contributed by atoms with E-state index in [1.54, 1.807) is 6.92 Å². The van der Waals surface area contributed by atoms with E-state index in [2.05, 4.69) is 29.1 Å². The Hall–Kier alpha value is -1.57. The molecular formula is C13H21N5O2S. The smallest absolute Gasteiger partial charge is 0.332 e. The first-order valence-corrected chi connectivity index (χ1v) is 8.15. The molecule has 1 aliphatic heterocycles. The molecule has 21 heavy (non-hydrogen) atoms. The molecule has 0 aliphatic carbocycles. The summed E-state index contributed by atoms with van der Waals surface area (Å²) in [7, 11) is 0. The van der Waals surface area contributed by atoms with Gasteiger partial charge in [-0.25, -0.2) is 4.98 Å².